The Morgan fingerprint density at radius 3 is 2.43 bits per heavy atom. The predicted octanol–water partition coefficient (Wildman–Crippen LogP) is 6.61. The van der Waals surface area contributed by atoms with Crippen molar-refractivity contribution in [1.82, 2.24) is 20.5 Å². The number of rotatable bonds is 8. The fourth-order valence-corrected chi connectivity index (χ4v) is 6.06. The second-order valence-electron chi connectivity index (χ2n) is 12.6. The number of halogens is 3. The molecule has 47 heavy (non-hydrogen) atoms. The summed E-state index contributed by atoms with van der Waals surface area (Å²) >= 11 is 1.37. The molecule has 1 atom stereocenters. The van der Waals surface area contributed by atoms with Gasteiger partial charge in [0.15, 0.2) is 0 Å². The van der Waals surface area contributed by atoms with Gasteiger partial charge in [0, 0.05) is 25.0 Å². The molecule has 1 saturated heterocycles. The van der Waals surface area contributed by atoms with Crippen LogP contribution in [-0.2, 0) is 27.0 Å². The fraction of sp³-hybridized carbons (Fsp3) is 0.412. The zero-order valence-corrected chi connectivity index (χ0v) is 27.4. The highest BCUT2D eigenvalue weighted by Gasteiger charge is 2.32. The molecule has 2 aromatic carbocycles. The molecule has 250 valence electrons. The molecule has 9 nitrogen and oxygen atoms in total. The summed E-state index contributed by atoms with van der Waals surface area (Å²) in [7, 11) is 0. The van der Waals surface area contributed by atoms with E-state index in [9.17, 15) is 27.6 Å². The molecule has 3 heterocycles. The molecule has 0 aliphatic carbocycles. The van der Waals surface area contributed by atoms with Crippen molar-refractivity contribution in [1.29, 1.82) is 0 Å². The number of hydrogen-bond acceptors (Lipinski definition) is 7. The van der Waals surface area contributed by atoms with Gasteiger partial charge in [-0.3, -0.25) is 9.59 Å². The van der Waals surface area contributed by atoms with Gasteiger partial charge >= 0.3 is 12.3 Å². The van der Waals surface area contributed by atoms with E-state index in [1.165, 1.54) is 17.4 Å². The number of amides is 3. The summed E-state index contributed by atoms with van der Waals surface area (Å²) in [6.45, 7) is 8.98. The van der Waals surface area contributed by atoms with Gasteiger partial charge in [-0.2, -0.15) is 13.2 Å². The van der Waals surface area contributed by atoms with Crippen molar-refractivity contribution in [3.05, 3.63) is 81.3 Å². The number of nitrogens with zero attached hydrogens (tertiary/aromatic N) is 2. The number of alkyl carbamates (subject to hydrolysis) is 1. The van der Waals surface area contributed by atoms with Crippen molar-refractivity contribution >= 4 is 34.8 Å². The predicted molar refractivity (Wildman–Crippen MR) is 171 cm³/mol. The third-order valence-corrected chi connectivity index (χ3v) is 8.77. The van der Waals surface area contributed by atoms with E-state index < -0.39 is 29.5 Å². The minimum Gasteiger partial charge on any atom is -0.444 e. The molecule has 0 spiro atoms. The van der Waals surface area contributed by atoms with Crippen molar-refractivity contribution in [3.63, 3.8) is 0 Å². The number of thiazole rings is 1. The molecule has 1 aromatic heterocycles. The van der Waals surface area contributed by atoms with E-state index in [2.05, 4.69) is 15.6 Å². The summed E-state index contributed by atoms with van der Waals surface area (Å²) in [6, 6.07) is 9.84. The van der Waals surface area contributed by atoms with Crippen LogP contribution in [0.2, 0.25) is 0 Å². The summed E-state index contributed by atoms with van der Waals surface area (Å²) in [6.07, 6.45) is -2.58. The lowest BCUT2D eigenvalue weighted by Gasteiger charge is -2.33. The molecule has 5 rings (SSSR count). The Kier molecular flexibility index (Phi) is 10.1. The van der Waals surface area contributed by atoms with Crippen LogP contribution >= 0.6 is 11.3 Å². The zero-order valence-electron chi connectivity index (χ0n) is 26.6. The highest BCUT2D eigenvalue weighted by atomic mass is 32.1. The number of aromatic nitrogens is 1. The van der Waals surface area contributed by atoms with Crippen LogP contribution in [0.15, 0.2) is 53.9 Å². The van der Waals surface area contributed by atoms with Crippen LogP contribution in [-0.4, -0.2) is 59.7 Å². The monoisotopic (exact) mass is 670 g/mol. The van der Waals surface area contributed by atoms with Gasteiger partial charge in [0.25, 0.3) is 5.91 Å². The fourth-order valence-electron chi connectivity index (χ4n) is 5.19. The molecule has 0 saturated carbocycles. The number of carbonyl (C=O) groups excluding carboxylic acids is 3. The maximum absolute atomic E-state index is 13.6. The van der Waals surface area contributed by atoms with Crippen molar-refractivity contribution in [3.8, 4) is 11.1 Å². The smallest absolute Gasteiger partial charge is 0.416 e. The molecule has 1 fully saturated rings. The SMILES string of the molecule is C[C@@H](NC(=O)c1csc(C2=CCN(C(=O)C3COC3)CC2)n1)c1ccc(-c2cc(C(F)(F)F)ccc2CNC(=O)OC(C)(C)C)cc1. The Labute approximate surface area is 275 Å². The van der Waals surface area contributed by atoms with Crippen LogP contribution < -0.4 is 10.6 Å². The summed E-state index contributed by atoms with van der Waals surface area (Å²) < 4.78 is 51.1. The zero-order chi connectivity index (χ0) is 33.9. The second kappa shape index (κ2) is 13.9. The molecule has 2 aliphatic rings. The van der Waals surface area contributed by atoms with E-state index in [-0.39, 0.29) is 30.0 Å². The number of ether oxygens (including phenoxy) is 2. The largest absolute Gasteiger partial charge is 0.444 e. The number of hydrogen-bond donors (Lipinski definition) is 2. The van der Waals surface area contributed by atoms with Crippen LogP contribution in [0.3, 0.4) is 0 Å². The average Bonchev–Trinajstić information content (AvgIpc) is 3.49. The lowest BCUT2D eigenvalue weighted by molar-refractivity contribution is -0.149. The summed E-state index contributed by atoms with van der Waals surface area (Å²) in [5, 5.41) is 7.99. The molecule has 0 unspecified atom stereocenters. The number of benzene rings is 2. The van der Waals surface area contributed by atoms with E-state index in [4.69, 9.17) is 9.47 Å². The summed E-state index contributed by atoms with van der Waals surface area (Å²) in [4.78, 5) is 44.1. The topological polar surface area (TPSA) is 110 Å². The maximum Gasteiger partial charge on any atom is 0.416 e. The Morgan fingerprint density at radius 2 is 1.83 bits per heavy atom. The van der Waals surface area contributed by atoms with Crippen LogP contribution in [0.5, 0.6) is 0 Å². The van der Waals surface area contributed by atoms with Gasteiger partial charge in [-0.25, -0.2) is 9.78 Å². The lowest BCUT2D eigenvalue weighted by atomic mass is 9.95. The van der Waals surface area contributed by atoms with Crippen molar-refractivity contribution in [2.45, 2.75) is 58.5 Å². The van der Waals surface area contributed by atoms with Crippen molar-refractivity contribution in [2.24, 2.45) is 5.92 Å². The highest BCUT2D eigenvalue weighted by molar-refractivity contribution is 7.11. The van der Waals surface area contributed by atoms with Gasteiger partial charge in [-0.1, -0.05) is 36.4 Å². The van der Waals surface area contributed by atoms with Crippen LogP contribution in [0.25, 0.3) is 16.7 Å². The Morgan fingerprint density at radius 1 is 1.11 bits per heavy atom. The first kappa shape index (κ1) is 34.1. The van der Waals surface area contributed by atoms with E-state index in [0.29, 0.717) is 49.4 Å². The van der Waals surface area contributed by atoms with Gasteiger partial charge in [-0.15, -0.1) is 11.3 Å². The van der Waals surface area contributed by atoms with Gasteiger partial charge < -0.3 is 25.0 Å². The van der Waals surface area contributed by atoms with Gasteiger partial charge in [-0.05, 0) is 74.1 Å². The van der Waals surface area contributed by atoms with E-state index in [1.807, 2.05) is 17.9 Å². The Hall–Kier alpha value is -4.23. The molecule has 0 radical (unpaired) electrons. The van der Waals surface area contributed by atoms with Gasteiger partial charge in [0.1, 0.15) is 16.3 Å². The molecule has 13 heteroatoms. The lowest BCUT2D eigenvalue weighted by Crippen LogP contribution is -2.46. The van der Waals surface area contributed by atoms with E-state index in [0.717, 1.165) is 28.3 Å². The first-order valence-electron chi connectivity index (χ1n) is 15.3. The van der Waals surface area contributed by atoms with Crippen LogP contribution in [0.4, 0.5) is 18.0 Å². The van der Waals surface area contributed by atoms with E-state index in [1.54, 1.807) is 50.4 Å². The third kappa shape index (κ3) is 8.58. The molecular formula is C34H37F3N4O5S. The Bertz CT molecular complexity index is 1660. The first-order valence-corrected chi connectivity index (χ1v) is 16.2. The first-order chi connectivity index (χ1) is 22.2. The van der Waals surface area contributed by atoms with Gasteiger partial charge in [0.2, 0.25) is 5.91 Å². The molecule has 3 aromatic rings. The van der Waals surface area contributed by atoms with Crippen molar-refractivity contribution < 1.29 is 37.0 Å². The average molecular weight is 671 g/mol. The maximum atomic E-state index is 13.6. The number of nitrogens with one attached hydrogen (secondary N) is 2. The second-order valence-corrected chi connectivity index (χ2v) is 13.4. The van der Waals surface area contributed by atoms with Crippen LogP contribution in [0, 0.1) is 5.92 Å². The normalized spacial score (nSPS) is 16.1. The summed E-state index contributed by atoms with van der Waals surface area (Å²) in [5.74, 6) is -0.293. The molecule has 2 aliphatic heterocycles. The molecule has 3 amide bonds. The highest BCUT2D eigenvalue weighted by Crippen LogP contribution is 2.35. The molecular weight excluding hydrogens is 633 g/mol. The number of carbonyl (C=O) groups is 3. The molecule has 0 bridgehead atoms. The van der Waals surface area contributed by atoms with E-state index >= 15 is 0 Å². The minimum atomic E-state index is -4.54. The van der Waals surface area contributed by atoms with Gasteiger partial charge in [0.05, 0.1) is 30.7 Å². The van der Waals surface area contributed by atoms with Crippen molar-refractivity contribution in [2.75, 3.05) is 26.3 Å². The number of alkyl halides is 3. The molecule has 2 N–H and O–H groups in total. The summed E-state index contributed by atoms with van der Waals surface area (Å²) in [5.41, 5.74) is 1.82. The Balaban J connectivity index is 1.23. The van der Waals surface area contributed by atoms with Crippen LogP contribution in [0.1, 0.15) is 72.3 Å². The third-order valence-electron chi connectivity index (χ3n) is 7.85. The minimum absolute atomic E-state index is 0.0323. The standard InChI is InChI=1S/C34H37F3N4O5S/c1-20(39-29(42)28-19-47-30(40-28)23-11-13-41(14-12-23)31(43)25-17-45-18-25)21-5-7-22(8-6-21)27-15-26(34(35,36)37)10-9-24(27)16-38-32(44)46-33(2,3)4/h5-11,15,19-20,25H,12-14,16-18H2,1-4H3,(H,38,44)(H,39,42)/t20-/m1/s1. The quantitative estimate of drug-likeness (QED) is 0.279.